The number of likely N-dealkylation sites (tertiary alicyclic amines) is 1. The zero-order valence-electron chi connectivity index (χ0n) is 40.0. The SMILES string of the molecule is CC(=O)[C@H](CCCCN)CC(=O)[C@@H]1CCCN1C(=O)CCC(=O)[C@H](C)NC(=O)[C@@H](CC(=O)CNC(=O)[C@@H](CC(=O)[C@H](CCC(N)=O)NC(=O)CCC(=O)[C@@H]1C[C@@H](O)CN1)C(C)C)CC(C)C. The summed E-state index contributed by atoms with van der Waals surface area (Å²) in [7, 11) is 0. The Morgan fingerprint density at radius 2 is 1.47 bits per heavy atom. The molecule has 2 aliphatic rings. The molecule has 0 aliphatic carbocycles. The number of nitrogens with one attached hydrogen (secondary N) is 4. The standard InChI is InChI=1S/C47H77N7O12/c1-27(2)20-32(46(65)52-29(5)39(58)14-17-45(64)54-19-9-11-38(54)42(61)22-31(30(6)55)10-7-8-18-48)21-33(56)26-51-47(66)35(28(3)4)24-41(60)36(12-15-43(49)62)53-44(63)16-13-40(59)37-23-34(57)25-50-37/h27-29,31-32,34-38,50,57H,7-26,48H2,1-6H3,(H2,49,62)(H,51,66)(H,52,65)(H,53,63)/t29-,31+,32+,34+,35-,36-,37-,38-/m0/s1. The number of aliphatic hydroxyl groups excluding tert-OH is 1. The fraction of sp³-hybridized carbons (Fsp3) is 0.766. The Morgan fingerprint density at radius 1 is 0.773 bits per heavy atom. The summed E-state index contributed by atoms with van der Waals surface area (Å²) in [6, 6.07) is -3.38. The molecule has 0 spiro atoms. The molecule has 2 heterocycles. The number of amides is 5. The second-order valence-corrected chi connectivity index (χ2v) is 19.0. The van der Waals surface area contributed by atoms with E-state index in [9.17, 15) is 57.8 Å². The highest BCUT2D eigenvalue weighted by atomic mass is 16.3. The molecule has 0 aromatic heterocycles. The van der Waals surface area contributed by atoms with Crippen LogP contribution in [-0.4, -0.2) is 131 Å². The average Bonchev–Trinajstić information content (AvgIpc) is 3.93. The topological polar surface area (TPSA) is 311 Å². The smallest absolute Gasteiger partial charge is 0.224 e. The number of nitrogens with zero attached hydrogens (tertiary/aromatic N) is 1. The van der Waals surface area contributed by atoms with E-state index in [0.29, 0.717) is 38.8 Å². The third-order valence-electron chi connectivity index (χ3n) is 12.5. The number of carbonyl (C=O) groups excluding carboxylic acids is 11. The summed E-state index contributed by atoms with van der Waals surface area (Å²) in [6.45, 7) is 10.8. The summed E-state index contributed by atoms with van der Waals surface area (Å²) in [5.41, 5.74) is 10.9. The Morgan fingerprint density at radius 3 is 2.06 bits per heavy atom. The highest BCUT2D eigenvalue weighted by Gasteiger charge is 2.36. The van der Waals surface area contributed by atoms with Gasteiger partial charge in [-0.1, -0.05) is 34.1 Å². The first-order valence-corrected chi connectivity index (χ1v) is 23.7. The van der Waals surface area contributed by atoms with Gasteiger partial charge in [-0.3, -0.25) is 52.7 Å². The molecule has 0 aromatic carbocycles. The lowest BCUT2D eigenvalue weighted by Crippen LogP contribution is -2.45. The first-order chi connectivity index (χ1) is 31.0. The monoisotopic (exact) mass is 932 g/mol. The van der Waals surface area contributed by atoms with Gasteiger partial charge < -0.3 is 42.7 Å². The van der Waals surface area contributed by atoms with Crippen LogP contribution in [0, 0.1) is 29.6 Å². The van der Waals surface area contributed by atoms with E-state index < -0.39 is 101 Å². The number of hydrogen-bond donors (Lipinski definition) is 7. The van der Waals surface area contributed by atoms with E-state index in [1.807, 2.05) is 13.8 Å². The number of carbonyl (C=O) groups is 11. The van der Waals surface area contributed by atoms with Gasteiger partial charge in [-0.2, -0.15) is 0 Å². The van der Waals surface area contributed by atoms with Crippen molar-refractivity contribution < 1.29 is 57.8 Å². The van der Waals surface area contributed by atoms with Crippen LogP contribution in [0.4, 0.5) is 0 Å². The van der Waals surface area contributed by atoms with Gasteiger partial charge in [-0.15, -0.1) is 0 Å². The predicted octanol–water partition coefficient (Wildman–Crippen LogP) is 0.916. The van der Waals surface area contributed by atoms with Crippen molar-refractivity contribution in [3.8, 4) is 0 Å². The van der Waals surface area contributed by atoms with E-state index in [2.05, 4.69) is 21.3 Å². The highest BCUT2D eigenvalue weighted by molar-refractivity contribution is 5.97. The Hall–Kier alpha value is -4.75. The Balaban J connectivity index is 1.95. The second kappa shape index (κ2) is 29.1. The zero-order chi connectivity index (χ0) is 49.7. The molecule has 9 N–H and O–H groups in total. The largest absolute Gasteiger partial charge is 0.392 e. The highest BCUT2D eigenvalue weighted by Crippen LogP contribution is 2.25. The van der Waals surface area contributed by atoms with Crippen LogP contribution in [0.3, 0.4) is 0 Å². The number of β-amino-alcohol motifs (C(OH)–C–C–N with tert-alkyl or cyclic N) is 1. The molecule has 2 aliphatic heterocycles. The summed E-state index contributed by atoms with van der Waals surface area (Å²) in [4.78, 5) is 144. The first kappa shape index (κ1) is 57.4. The summed E-state index contributed by atoms with van der Waals surface area (Å²) in [5, 5.41) is 20.4. The van der Waals surface area contributed by atoms with Crippen LogP contribution in [0.1, 0.15) is 144 Å². The van der Waals surface area contributed by atoms with Crippen LogP contribution < -0.4 is 32.7 Å². The van der Waals surface area contributed by atoms with Gasteiger partial charge in [-0.25, -0.2) is 0 Å². The van der Waals surface area contributed by atoms with E-state index >= 15 is 0 Å². The number of rotatable bonds is 33. The number of nitrogens with two attached hydrogens (primary N) is 2. The van der Waals surface area contributed by atoms with Crippen LogP contribution in [0.2, 0.25) is 0 Å². The number of Topliss-reactive ketones (excluding diaryl/α,β-unsaturated/α-hetero) is 6. The van der Waals surface area contributed by atoms with Crippen LogP contribution in [-0.2, 0) is 52.7 Å². The van der Waals surface area contributed by atoms with Crippen molar-refractivity contribution in [3.63, 3.8) is 0 Å². The molecular weight excluding hydrogens is 855 g/mol. The maximum absolute atomic E-state index is 13.5. The molecule has 0 bridgehead atoms. The van der Waals surface area contributed by atoms with Gasteiger partial charge in [0.1, 0.15) is 11.6 Å². The normalized spacial score (nSPS) is 19.4. The average molecular weight is 932 g/mol. The van der Waals surface area contributed by atoms with E-state index in [1.165, 1.54) is 18.7 Å². The van der Waals surface area contributed by atoms with Gasteiger partial charge >= 0.3 is 0 Å². The van der Waals surface area contributed by atoms with Crippen molar-refractivity contribution in [2.75, 3.05) is 26.2 Å². The number of hydrogen-bond acceptors (Lipinski definition) is 14. The third kappa shape index (κ3) is 20.4. The molecule has 0 saturated carbocycles. The Labute approximate surface area is 389 Å². The Bertz CT molecular complexity index is 1740. The van der Waals surface area contributed by atoms with Gasteiger partial charge in [-0.05, 0) is 77.2 Å². The van der Waals surface area contributed by atoms with Crippen LogP contribution >= 0.6 is 0 Å². The van der Waals surface area contributed by atoms with Crippen molar-refractivity contribution in [3.05, 3.63) is 0 Å². The molecule has 2 rings (SSSR count). The van der Waals surface area contributed by atoms with Gasteiger partial charge in [0.15, 0.2) is 23.1 Å². The summed E-state index contributed by atoms with van der Waals surface area (Å²) >= 11 is 0. The van der Waals surface area contributed by atoms with Crippen molar-refractivity contribution in [1.82, 2.24) is 26.2 Å². The molecule has 0 aromatic rings. The molecule has 66 heavy (non-hydrogen) atoms. The third-order valence-corrected chi connectivity index (χ3v) is 12.5. The van der Waals surface area contributed by atoms with Crippen LogP contribution in [0.5, 0.6) is 0 Å². The Kier molecular flexibility index (Phi) is 25.3. The lowest BCUT2D eigenvalue weighted by molar-refractivity contribution is -0.139. The predicted molar refractivity (Wildman–Crippen MR) is 244 cm³/mol. The summed E-state index contributed by atoms with van der Waals surface area (Å²) in [5.74, 6) is -7.35. The van der Waals surface area contributed by atoms with Crippen LogP contribution in [0.15, 0.2) is 0 Å². The molecule has 2 fully saturated rings. The van der Waals surface area contributed by atoms with Crippen molar-refractivity contribution in [1.29, 1.82) is 0 Å². The lowest BCUT2D eigenvalue weighted by atomic mass is 9.87. The zero-order valence-corrected chi connectivity index (χ0v) is 40.0. The van der Waals surface area contributed by atoms with Gasteiger partial charge in [0.25, 0.3) is 0 Å². The van der Waals surface area contributed by atoms with E-state index in [4.69, 9.17) is 11.5 Å². The fourth-order valence-corrected chi connectivity index (χ4v) is 8.51. The van der Waals surface area contributed by atoms with E-state index in [0.717, 1.165) is 12.8 Å². The van der Waals surface area contributed by atoms with Gasteiger partial charge in [0.05, 0.1) is 36.8 Å². The fourth-order valence-electron chi connectivity index (χ4n) is 8.51. The minimum Gasteiger partial charge on any atom is -0.392 e. The van der Waals surface area contributed by atoms with Gasteiger partial charge in [0.2, 0.25) is 29.5 Å². The van der Waals surface area contributed by atoms with Crippen molar-refractivity contribution in [2.45, 2.75) is 175 Å². The second-order valence-electron chi connectivity index (χ2n) is 19.0. The molecule has 19 nitrogen and oxygen atoms in total. The van der Waals surface area contributed by atoms with Crippen molar-refractivity contribution in [2.24, 2.45) is 41.1 Å². The molecule has 2 saturated heterocycles. The number of aliphatic hydroxyl groups is 1. The minimum absolute atomic E-state index is 0.0160. The molecule has 8 atom stereocenters. The molecule has 0 unspecified atom stereocenters. The molecule has 5 amide bonds. The van der Waals surface area contributed by atoms with Crippen LogP contribution in [0.25, 0.3) is 0 Å². The van der Waals surface area contributed by atoms with Crippen molar-refractivity contribution >= 4 is 64.2 Å². The maximum Gasteiger partial charge on any atom is 0.224 e. The molecule has 372 valence electrons. The minimum atomic E-state index is -1.17. The number of unbranched alkanes of at least 4 members (excludes halogenated alkanes) is 1. The summed E-state index contributed by atoms with van der Waals surface area (Å²) < 4.78 is 0. The number of primary amides is 1. The quantitative estimate of drug-likeness (QED) is 0.0451. The lowest BCUT2D eigenvalue weighted by Gasteiger charge is -2.25. The molecular formula is C47H77N7O12. The molecule has 19 heteroatoms. The molecule has 0 radical (unpaired) electrons. The van der Waals surface area contributed by atoms with E-state index in [-0.39, 0.29) is 99.9 Å². The van der Waals surface area contributed by atoms with Gasteiger partial charge in [0, 0.05) is 82.2 Å². The maximum atomic E-state index is 13.5. The first-order valence-electron chi connectivity index (χ1n) is 23.7. The van der Waals surface area contributed by atoms with E-state index in [1.54, 1.807) is 13.8 Å². The summed E-state index contributed by atoms with van der Waals surface area (Å²) in [6.07, 6.45) is 1.40. The number of ketones is 6.